The SMILES string of the molecule is Cc1cc(S(=O)(=O)NCCc2ccncc2)sc1C(=O)O. The molecule has 0 unspecified atom stereocenters. The van der Waals surface area contributed by atoms with Crippen molar-refractivity contribution in [1.82, 2.24) is 9.71 Å². The van der Waals surface area contributed by atoms with Crippen LogP contribution in [0.25, 0.3) is 0 Å². The molecule has 0 saturated carbocycles. The largest absolute Gasteiger partial charge is 0.477 e. The smallest absolute Gasteiger partial charge is 0.346 e. The van der Waals surface area contributed by atoms with Crippen LogP contribution in [0.15, 0.2) is 34.8 Å². The number of nitrogens with zero attached hydrogens (tertiary/aromatic N) is 1. The fourth-order valence-corrected chi connectivity index (χ4v) is 4.20. The number of sulfonamides is 1. The summed E-state index contributed by atoms with van der Waals surface area (Å²) in [5.41, 5.74) is 1.42. The number of rotatable bonds is 6. The van der Waals surface area contributed by atoms with Crippen LogP contribution in [-0.2, 0) is 16.4 Å². The molecule has 8 heteroatoms. The highest BCUT2D eigenvalue weighted by molar-refractivity contribution is 7.91. The van der Waals surface area contributed by atoms with E-state index in [0.717, 1.165) is 16.9 Å². The lowest BCUT2D eigenvalue weighted by Gasteiger charge is -2.04. The molecule has 0 aromatic carbocycles. The standard InChI is InChI=1S/C13H14N2O4S2/c1-9-8-11(20-12(9)13(16)17)21(18,19)15-7-4-10-2-5-14-6-3-10/h2-3,5-6,8,15H,4,7H2,1H3,(H,16,17). The van der Waals surface area contributed by atoms with Crippen molar-refractivity contribution in [3.8, 4) is 0 Å². The number of carboxylic acids is 1. The zero-order valence-corrected chi connectivity index (χ0v) is 12.9. The number of aromatic carboxylic acids is 1. The summed E-state index contributed by atoms with van der Waals surface area (Å²) in [5.74, 6) is -1.12. The van der Waals surface area contributed by atoms with Crippen LogP contribution in [0.3, 0.4) is 0 Å². The molecule has 0 amide bonds. The molecule has 0 aliphatic rings. The van der Waals surface area contributed by atoms with Gasteiger partial charge in [0.15, 0.2) is 0 Å². The summed E-state index contributed by atoms with van der Waals surface area (Å²) in [6.07, 6.45) is 3.83. The molecule has 0 atom stereocenters. The predicted molar refractivity (Wildman–Crippen MR) is 79.1 cm³/mol. The van der Waals surface area contributed by atoms with Gasteiger partial charge in [0.05, 0.1) is 0 Å². The lowest BCUT2D eigenvalue weighted by Crippen LogP contribution is -2.25. The Morgan fingerprint density at radius 1 is 1.38 bits per heavy atom. The molecule has 2 heterocycles. The Hall–Kier alpha value is -1.77. The summed E-state index contributed by atoms with van der Waals surface area (Å²) in [5, 5.41) is 8.96. The summed E-state index contributed by atoms with van der Waals surface area (Å²) in [4.78, 5) is 14.9. The molecule has 0 fully saturated rings. The average Bonchev–Trinajstić information content (AvgIpc) is 2.83. The summed E-state index contributed by atoms with van der Waals surface area (Å²) >= 11 is 0.761. The highest BCUT2D eigenvalue weighted by Crippen LogP contribution is 2.25. The molecule has 0 spiro atoms. The Morgan fingerprint density at radius 2 is 2.05 bits per heavy atom. The number of nitrogens with one attached hydrogen (secondary N) is 1. The Labute approximate surface area is 126 Å². The molecule has 0 saturated heterocycles. The van der Waals surface area contributed by atoms with Crippen LogP contribution in [0.5, 0.6) is 0 Å². The second-order valence-corrected chi connectivity index (χ2v) is 7.43. The maximum Gasteiger partial charge on any atom is 0.346 e. The molecule has 0 aliphatic carbocycles. The van der Waals surface area contributed by atoms with Gasteiger partial charge in [-0.2, -0.15) is 0 Å². The van der Waals surface area contributed by atoms with Crippen molar-refractivity contribution < 1.29 is 18.3 Å². The van der Waals surface area contributed by atoms with Crippen molar-refractivity contribution in [2.24, 2.45) is 0 Å². The van der Waals surface area contributed by atoms with E-state index in [0.29, 0.717) is 12.0 Å². The van der Waals surface area contributed by atoms with Gasteiger partial charge in [0.25, 0.3) is 0 Å². The van der Waals surface area contributed by atoms with Gasteiger partial charge in [-0.05, 0) is 42.7 Å². The van der Waals surface area contributed by atoms with Crippen molar-refractivity contribution in [2.45, 2.75) is 17.6 Å². The lowest BCUT2D eigenvalue weighted by molar-refractivity contribution is 0.0701. The van der Waals surface area contributed by atoms with Crippen LogP contribution >= 0.6 is 11.3 Å². The van der Waals surface area contributed by atoms with Gasteiger partial charge in [-0.15, -0.1) is 11.3 Å². The van der Waals surface area contributed by atoms with Crippen molar-refractivity contribution >= 4 is 27.3 Å². The minimum Gasteiger partial charge on any atom is -0.477 e. The van der Waals surface area contributed by atoms with Gasteiger partial charge in [0, 0.05) is 18.9 Å². The van der Waals surface area contributed by atoms with Crippen LogP contribution in [0.2, 0.25) is 0 Å². The quantitative estimate of drug-likeness (QED) is 0.842. The summed E-state index contributed by atoms with van der Waals surface area (Å²) in [6, 6.07) is 5.00. The molecular formula is C13H14N2O4S2. The third-order valence-electron chi connectivity index (χ3n) is 2.81. The topological polar surface area (TPSA) is 96.4 Å². The van der Waals surface area contributed by atoms with Crippen LogP contribution in [0.4, 0.5) is 0 Å². The molecule has 0 bridgehead atoms. The monoisotopic (exact) mass is 326 g/mol. The average molecular weight is 326 g/mol. The van der Waals surface area contributed by atoms with Crippen LogP contribution in [-0.4, -0.2) is 31.0 Å². The van der Waals surface area contributed by atoms with Crippen LogP contribution < -0.4 is 4.72 Å². The highest BCUT2D eigenvalue weighted by Gasteiger charge is 2.21. The van der Waals surface area contributed by atoms with E-state index in [2.05, 4.69) is 9.71 Å². The zero-order valence-electron chi connectivity index (χ0n) is 11.2. The first-order valence-corrected chi connectivity index (χ1v) is 8.42. The summed E-state index contributed by atoms with van der Waals surface area (Å²) in [6.45, 7) is 1.82. The van der Waals surface area contributed by atoms with Gasteiger partial charge < -0.3 is 5.11 Å². The van der Waals surface area contributed by atoms with Gasteiger partial charge in [0.1, 0.15) is 9.09 Å². The van der Waals surface area contributed by atoms with E-state index in [1.165, 1.54) is 6.07 Å². The number of aromatic nitrogens is 1. The number of pyridine rings is 1. The van der Waals surface area contributed by atoms with E-state index < -0.39 is 16.0 Å². The molecular weight excluding hydrogens is 312 g/mol. The van der Waals surface area contributed by atoms with Crippen LogP contribution in [0.1, 0.15) is 20.8 Å². The minimum atomic E-state index is -3.68. The maximum absolute atomic E-state index is 12.1. The number of thiophene rings is 1. The molecule has 0 aliphatic heterocycles. The minimum absolute atomic E-state index is 0.0205. The molecule has 21 heavy (non-hydrogen) atoms. The second kappa shape index (κ2) is 6.33. The number of aryl methyl sites for hydroxylation is 1. The van der Waals surface area contributed by atoms with E-state index in [1.807, 2.05) is 12.1 Å². The Morgan fingerprint density at radius 3 is 2.62 bits per heavy atom. The lowest BCUT2D eigenvalue weighted by atomic mass is 10.2. The molecule has 112 valence electrons. The highest BCUT2D eigenvalue weighted by atomic mass is 32.2. The molecule has 2 aromatic rings. The first kappa shape index (κ1) is 15.6. The van der Waals surface area contributed by atoms with E-state index >= 15 is 0 Å². The Balaban J connectivity index is 2.05. The van der Waals surface area contributed by atoms with Gasteiger partial charge in [-0.3, -0.25) is 4.98 Å². The van der Waals surface area contributed by atoms with E-state index in [4.69, 9.17) is 5.11 Å². The van der Waals surface area contributed by atoms with Crippen molar-refractivity contribution in [2.75, 3.05) is 6.54 Å². The summed E-state index contributed by atoms with van der Waals surface area (Å²) < 4.78 is 26.7. The zero-order chi connectivity index (χ0) is 15.5. The van der Waals surface area contributed by atoms with Crippen LogP contribution in [0, 0.1) is 6.92 Å². The molecule has 6 nitrogen and oxygen atoms in total. The fourth-order valence-electron chi connectivity index (χ4n) is 1.75. The fraction of sp³-hybridized carbons (Fsp3) is 0.231. The van der Waals surface area contributed by atoms with E-state index in [9.17, 15) is 13.2 Å². The predicted octanol–water partition coefficient (Wildman–Crippen LogP) is 1.67. The third kappa shape index (κ3) is 3.87. The normalized spacial score (nSPS) is 11.5. The van der Waals surface area contributed by atoms with E-state index in [-0.39, 0.29) is 15.6 Å². The number of carboxylic acid groups (broad SMARTS) is 1. The molecule has 2 rings (SSSR count). The molecule has 0 radical (unpaired) electrons. The maximum atomic E-state index is 12.1. The van der Waals surface area contributed by atoms with E-state index in [1.54, 1.807) is 19.3 Å². The summed E-state index contributed by atoms with van der Waals surface area (Å²) in [7, 11) is -3.68. The number of carbonyl (C=O) groups is 1. The first-order chi connectivity index (χ1) is 9.90. The molecule has 2 aromatic heterocycles. The van der Waals surface area contributed by atoms with Crippen molar-refractivity contribution in [3.63, 3.8) is 0 Å². The number of hydrogen-bond acceptors (Lipinski definition) is 5. The van der Waals surface area contributed by atoms with Gasteiger partial charge in [-0.1, -0.05) is 0 Å². The van der Waals surface area contributed by atoms with Gasteiger partial charge >= 0.3 is 5.97 Å². The number of hydrogen-bond donors (Lipinski definition) is 2. The second-order valence-electron chi connectivity index (χ2n) is 4.39. The third-order valence-corrected chi connectivity index (χ3v) is 5.97. The van der Waals surface area contributed by atoms with Crippen molar-refractivity contribution in [3.05, 3.63) is 46.6 Å². The first-order valence-electron chi connectivity index (χ1n) is 6.12. The van der Waals surface area contributed by atoms with Crippen molar-refractivity contribution in [1.29, 1.82) is 0 Å². The molecule has 2 N–H and O–H groups in total. The Kier molecular flexibility index (Phi) is 4.71. The Bertz CT molecular complexity index is 739. The van der Waals surface area contributed by atoms with Gasteiger partial charge in [-0.25, -0.2) is 17.9 Å². The van der Waals surface area contributed by atoms with Gasteiger partial charge in [0.2, 0.25) is 10.0 Å².